The Kier molecular flexibility index (Phi) is 7.57. The topological polar surface area (TPSA) is 60.9 Å². The lowest BCUT2D eigenvalue weighted by Crippen LogP contribution is -2.50. The molecule has 3 atom stereocenters. The second kappa shape index (κ2) is 10.6. The van der Waals surface area contributed by atoms with Crippen molar-refractivity contribution in [2.24, 2.45) is 11.8 Å². The Bertz CT molecular complexity index is 1210. The van der Waals surface area contributed by atoms with Gasteiger partial charge in [0.05, 0.1) is 25.7 Å². The van der Waals surface area contributed by atoms with Crippen LogP contribution in [0.4, 0.5) is 13.2 Å². The van der Waals surface area contributed by atoms with E-state index in [1.54, 1.807) is 0 Å². The van der Waals surface area contributed by atoms with Gasteiger partial charge in [-0.3, -0.25) is 9.69 Å². The minimum absolute atomic E-state index is 0.114. The van der Waals surface area contributed by atoms with Gasteiger partial charge in [0, 0.05) is 30.9 Å². The van der Waals surface area contributed by atoms with Crippen LogP contribution in [0.3, 0.4) is 0 Å². The number of rotatable bonds is 7. The van der Waals surface area contributed by atoms with E-state index in [1.807, 2.05) is 13.8 Å². The van der Waals surface area contributed by atoms with Crippen LogP contribution in [0.15, 0.2) is 30.5 Å². The van der Waals surface area contributed by atoms with Crippen molar-refractivity contribution in [3.63, 3.8) is 0 Å². The van der Waals surface area contributed by atoms with Crippen molar-refractivity contribution < 1.29 is 32.2 Å². The molecule has 3 heterocycles. The van der Waals surface area contributed by atoms with Gasteiger partial charge in [0.2, 0.25) is 5.88 Å². The number of pyridine rings is 1. The summed E-state index contributed by atoms with van der Waals surface area (Å²) in [6.45, 7) is 5.24. The summed E-state index contributed by atoms with van der Waals surface area (Å²) < 4.78 is 57.2. The van der Waals surface area contributed by atoms with Crippen molar-refractivity contribution in [3.05, 3.63) is 52.7 Å². The lowest BCUT2D eigenvalue weighted by Gasteiger charge is -2.46. The third-order valence-electron chi connectivity index (χ3n) is 9.00. The molecular formula is C30H37F3N2O4. The van der Waals surface area contributed by atoms with Crippen LogP contribution in [-0.4, -0.2) is 48.8 Å². The Labute approximate surface area is 227 Å². The molecule has 9 heteroatoms. The van der Waals surface area contributed by atoms with Gasteiger partial charge in [-0.2, -0.15) is 13.2 Å². The summed E-state index contributed by atoms with van der Waals surface area (Å²) in [5.41, 5.74) is 1.67. The van der Waals surface area contributed by atoms with Gasteiger partial charge in [0.25, 0.3) is 0 Å². The van der Waals surface area contributed by atoms with E-state index in [4.69, 9.17) is 14.2 Å². The van der Waals surface area contributed by atoms with E-state index in [2.05, 4.69) is 28.1 Å². The molecule has 0 bridgehead atoms. The Morgan fingerprint density at radius 1 is 1.13 bits per heavy atom. The van der Waals surface area contributed by atoms with Gasteiger partial charge in [0.1, 0.15) is 11.4 Å². The standard InChI is InChI=1S/C30H37F3N2O4/c1-18(28(36)38-4)26(21-6-7-21)22-8-5-20-9-10-29(39-25(20)15-22)11-13-35(14-12-29)19(2)24-16-23(30(31,32)33)17-34-27(24)37-3/h5,8,15-19,21,26H,6-7,9-14H2,1-4H3/t18-,19?,26-/m0/s1. The number of benzene rings is 1. The third-order valence-corrected chi connectivity index (χ3v) is 9.00. The predicted molar refractivity (Wildman–Crippen MR) is 140 cm³/mol. The molecule has 2 fully saturated rings. The van der Waals surface area contributed by atoms with E-state index < -0.39 is 11.7 Å². The molecule has 3 aliphatic rings. The van der Waals surface area contributed by atoms with Crippen LogP contribution in [0.2, 0.25) is 0 Å². The van der Waals surface area contributed by atoms with Crippen molar-refractivity contribution in [1.29, 1.82) is 0 Å². The smallest absolute Gasteiger partial charge is 0.417 e. The summed E-state index contributed by atoms with van der Waals surface area (Å²) in [5.74, 6) is 1.32. The number of esters is 1. The normalized spacial score (nSPS) is 21.4. The summed E-state index contributed by atoms with van der Waals surface area (Å²) in [6, 6.07) is 7.28. The van der Waals surface area contributed by atoms with Crippen molar-refractivity contribution in [1.82, 2.24) is 9.88 Å². The molecule has 212 valence electrons. The van der Waals surface area contributed by atoms with Crippen LogP contribution in [0, 0.1) is 11.8 Å². The van der Waals surface area contributed by atoms with Crippen LogP contribution in [0.5, 0.6) is 11.6 Å². The van der Waals surface area contributed by atoms with E-state index in [0.29, 0.717) is 24.6 Å². The van der Waals surface area contributed by atoms with Gasteiger partial charge in [0.15, 0.2) is 0 Å². The molecule has 1 aromatic carbocycles. The van der Waals surface area contributed by atoms with Gasteiger partial charge in [-0.25, -0.2) is 4.98 Å². The van der Waals surface area contributed by atoms with Crippen LogP contribution in [-0.2, 0) is 22.1 Å². The van der Waals surface area contributed by atoms with Gasteiger partial charge in [-0.1, -0.05) is 19.1 Å². The Morgan fingerprint density at radius 3 is 2.46 bits per heavy atom. The van der Waals surface area contributed by atoms with E-state index in [0.717, 1.165) is 62.1 Å². The number of alkyl halides is 3. The average Bonchev–Trinajstić information content (AvgIpc) is 3.77. The van der Waals surface area contributed by atoms with E-state index in [-0.39, 0.29) is 35.3 Å². The number of aromatic nitrogens is 1. The number of likely N-dealkylation sites (tertiary alicyclic amines) is 1. The molecule has 5 rings (SSSR count). The number of ether oxygens (including phenoxy) is 3. The number of hydrogen-bond donors (Lipinski definition) is 0. The largest absolute Gasteiger partial charge is 0.487 e. The molecule has 6 nitrogen and oxygen atoms in total. The zero-order valence-corrected chi connectivity index (χ0v) is 23.0. The van der Waals surface area contributed by atoms with E-state index in [9.17, 15) is 18.0 Å². The molecule has 0 radical (unpaired) electrons. The number of fused-ring (bicyclic) bond motifs is 1. The summed E-state index contributed by atoms with van der Waals surface area (Å²) in [5, 5.41) is 0. The molecule has 1 spiro atoms. The van der Waals surface area contributed by atoms with Crippen molar-refractivity contribution in [2.75, 3.05) is 27.3 Å². The van der Waals surface area contributed by atoms with Crippen molar-refractivity contribution in [2.45, 2.75) is 76.1 Å². The number of piperidine rings is 1. The molecule has 1 saturated heterocycles. The van der Waals surface area contributed by atoms with E-state index in [1.165, 1.54) is 19.8 Å². The highest BCUT2D eigenvalue weighted by Gasteiger charge is 2.43. The number of nitrogens with zero attached hydrogens (tertiary/aromatic N) is 2. The maximum Gasteiger partial charge on any atom is 0.417 e. The zero-order chi connectivity index (χ0) is 27.9. The molecule has 1 aliphatic carbocycles. The maximum atomic E-state index is 13.4. The first-order valence-corrected chi connectivity index (χ1v) is 13.8. The number of hydrogen-bond acceptors (Lipinski definition) is 6. The summed E-state index contributed by atoms with van der Waals surface area (Å²) >= 11 is 0. The average molecular weight is 547 g/mol. The summed E-state index contributed by atoms with van der Waals surface area (Å²) in [7, 11) is 2.87. The van der Waals surface area contributed by atoms with Crippen molar-refractivity contribution >= 4 is 5.97 Å². The highest BCUT2D eigenvalue weighted by Crippen LogP contribution is 2.49. The SMILES string of the molecule is COC(=O)[C@@H](C)[C@H](c1ccc2c(c1)OC1(CC2)CCN(C(C)c2cc(C(F)(F)F)cnc2OC)CC1)C1CC1. The first kappa shape index (κ1) is 27.7. The molecule has 0 N–H and O–H groups in total. The van der Waals surface area contributed by atoms with Crippen LogP contribution in [0.25, 0.3) is 0 Å². The Balaban J connectivity index is 1.31. The fraction of sp³-hybridized carbons (Fsp3) is 0.600. The highest BCUT2D eigenvalue weighted by molar-refractivity contribution is 5.73. The highest BCUT2D eigenvalue weighted by atomic mass is 19.4. The number of carbonyl (C=O) groups is 1. The molecule has 1 aromatic heterocycles. The van der Waals surface area contributed by atoms with Gasteiger partial charge in [-0.05, 0) is 80.5 Å². The summed E-state index contributed by atoms with van der Waals surface area (Å²) in [6.07, 6.45) is 1.97. The van der Waals surface area contributed by atoms with Crippen LogP contribution >= 0.6 is 0 Å². The number of methoxy groups -OCH3 is 2. The number of halogens is 3. The van der Waals surface area contributed by atoms with E-state index >= 15 is 0 Å². The fourth-order valence-electron chi connectivity index (χ4n) is 6.45. The second-order valence-corrected chi connectivity index (χ2v) is 11.4. The monoisotopic (exact) mass is 546 g/mol. The molecule has 39 heavy (non-hydrogen) atoms. The molecule has 1 unspecified atom stereocenters. The second-order valence-electron chi connectivity index (χ2n) is 11.4. The number of carbonyl (C=O) groups excluding carboxylic acids is 1. The first-order valence-electron chi connectivity index (χ1n) is 13.8. The van der Waals surface area contributed by atoms with Crippen molar-refractivity contribution in [3.8, 4) is 11.6 Å². The number of aryl methyl sites for hydroxylation is 1. The van der Waals surface area contributed by atoms with Crippen LogP contribution in [0.1, 0.15) is 80.2 Å². The lowest BCUT2D eigenvalue weighted by molar-refractivity contribution is -0.145. The van der Waals surface area contributed by atoms with Crippen LogP contribution < -0.4 is 9.47 Å². The molecule has 2 aliphatic heterocycles. The van der Waals surface area contributed by atoms with Gasteiger partial charge >= 0.3 is 12.1 Å². The molecular weight excluding hydrogens is 509 g/mol. The minimum Gasteiger partial charge on any atom is -0.487 e. The predicted octanol–water partition coefficient (Wildman–Crippen LogP) is 6.33. The van der Waals surface area contributed by atoms with Gasteiger partial charge < -0.3 is 14.2 Å². The first-order chi connectivity index (χ1) is 18.5. The molecule has 2 aromatic rings. The minimum atomic E-state index is -4.46. The maximum absolute atomic E-state index is 13.4. The Hall–Kier alpha value is -2.81. The third kappa shape index (κ3) is 5.60. The fourth-order valence-corrected chi connectivity index (χ4v) is 6.45. The molecule has 0 amide bonds. The Morgan fingerprint density at radius 2 is 1.85 bits per heavy atom. The zero-order valence-electron chi connectivity index (χ0n) is 23.0. The van der Waals surface area contributed by atoms with Gasteiger partial charge in [-0.15, -0.1) is 0 Å². The summed E-state index contributed by atoms with van der Waals surface area (Å²) in [4.78, 5) is 18.5. The quantitative estimate of drug-likeness (QED) is 0.378. The lowest BCUT2D eigenvalue weighted by atomic mass is 9.80. The molecule has 1 saturated carbocycles.